The normalized spacial score (nSPS) is 20.7. The molecule has 4 heteroatoms. The molecule has 1 saturated heterocycles. The molecule has 2 unspecified atom stereocenters. The van der Waals surface area contributed by atoms with Crippen LogP contribution >= 0.6 is 0 Å². The number of ether oxygens (including phenoxy) is 1. The number of carboxylic acid groups (broad SMARTS) is 1. The molecule has 4 nitrogen and oxygen atoms in total. The SMILES string of the molecule is O=C(O)C1CCC(c2ccc(OCc3ccccc3)cc2)N1. The summed E-state index contributed by atoms with van der Waals surface area (Å²) in [5.74, 6) is 0.0469. The number of carbonyl (C=O) groups is 1. The van der Waals surface area contributed by atoms with E-state index in [1.54, 1.807) is 0 Å². The summed E-state index contributed by atoms with van der Waals surface area (Å²) in [5.41, 5.74) is 2.24. The average molecular weight is 297 g/mol. The van der Waals surface area contributed by atoms with E-state index in [1.165, 1.54) is 0 Å². The Morgan fingerprint density at radius 2 is 1.82 bits per heavy atom. The molecule has 2 N–H and O–H groups in total. The summed E-state index contributed by atoms with van der Waals surface area (Å²) in [6.45, 7) is 0.545. The standard InChI is InChI=1S/C18H19NO3/c20-18(21)17-11-10-16(19-17)14-6-8-15(9-7-14)22-12-13-4-2-1-3-5-13/h1-9,16-17,19H,10-12H2,(H,20,21). The molecule has 0 saturated carbocycles. The molecule has 1 aliphatic heterocycles. The summed E-state index contributed by atoms with van der Waals surface area (Å²) in [4.78, 5) is 11.0. The predicted octanol–water partition coefficient (Wildman–Crippen LogP) is 3.14. The lowest BCUT2D eigenvalue weighted by Gasteiger charge is -2.13. The van der Waals surface area contributed by atoms with E-state index in [4.69, 9.17) is 9.84 Å². The topological polar surface area (TPSA) is 58.6 Å². The van der Waals surface area contributed by atoms with Gasteiger partial charge in [-0.15, -0.1) is 0 Å². The van der Waals surface area contributed by atoms with Gasteiger partial charge in [0.05, 0.1) is 0 Å². The maximum absolute atomic E-state index is 11.0. The van der Waals surface area contributed by atoms with Gasteiger partial charge < -0.3 is 9.84 Å². The van der Waals surface area contributed by atoms with Crippen LogP contribution in [0.25, 0.3) is 0 Å². The number of nitrogens with one attached hydrogen (secondary N) is 1. The van der Waals surface area contributed by atoms with Crippen LogP contribution in [0.2, 0.25) is 0 Å². The Morgan fingerprint density at radius 1 is 1.09 bits per heavy atom. The fourth-order valence-electron chi connectivity index (χ4n) is 2.74. The quantitative estimate of drug-likeness (QED) is 0.890. The summed E-state index contributed by atoms with van der Waals surface area (Å²) < 4.78 is 5.75. The van der Waals surface area contributed by atoms with Crippen LogP contribution in [-0.2, 0) is 11.4 Å². The molecule has 2 aromatic carbocycles. The third-order valence-corrected chi connectivity index (χ3v) is 3.98. The minimum Gasteiger partial charge on any atom is -0.489 e. The van der Waals surface area contributed by atoms with Crippen molar-refractivity contribution in [2.75, 3.05) is 0 Å². The molecule has 114 valence electrons. The van der Waals surface area contributed by atoms with Crippen LogP contribution in [0.1, 0.15) is 30.0 Å². The van der Waals surface area contributed by atoms with Gasteiger partial charge in [0.15, 0.2) is 0 Å². The van der Waals surface area contributed by atoms with E-state index >= 15 is 0 Å². The Balaban J connectivity index is 1.58. The highest BCUT2D eigenvalue weighted by Gasteiger charge is 2.29. The fourth-order valence-corrected chi connectivity index (χ4v) is 2.74. The summed E-state index contributed by atoms with van der Waals surface area (Å²) in [6, 6.07) is 17.6. The minimum absolute atomic E-state index is 0.115. The van der Waals surface area contributed by atoms with Gasteiger partial charge in [0.2, 0.25) is 0 Å². The molecule has 0 aliphatic carbocycles. The van der Waals surface area contributed by atoms with Gasteiger partial charge in [0.25, 0.3) is 0 Å². The summed E-state index contributed by atoms with van der Waals surface area (Å²) in [6.07, 6.45) is 1.52. The van der Waals surface area contributed by atoms with Gasteiger partial charge in [-0.25, -0.2) is 0 Å². The molecule has 3 rings (SSSR count). The Labute approximate surface area is 129 Å². The number of carboxylic acids is 1. The van der Waals surface area contributed by atoms with Crippen LogP contribution in [0.3, 0.4) is 0 Å². The molecule has 0 aromatic heterocycles. The molecular formula is C18H19NO3. The highest BCUT2D eigenvalue weighted by atomic mass is 16.5. The van der Waals surface area contributed by atoms with E-state index in [-0.39, 0.29) is 6.04 Å². The van der Waals surface area contributed by atoms with Gasteiger partial charge in [-0.05, 0) is 36.1 Å². The van der Waals surface area contributed by atoms with Crippen molar-refractivity contribution in [3.05, 3.63) is 65.7 Å². The van der Waals surface area contributed by atoms with Crippen molar-refractivity contribution in [1.82, 2.24) is 5.32 Å². The van der Waals surface area contributed by atoms with Crippen molar-refractivity contribution >= 4 is 5.97 Å². The van der Waals surface area contributed by atoms with Gasteiger partial charge in [-0.2, -0.15) is 0 Å². The smallest absolute Gasteiger partial charge is 0.320 e. The molecule has 0 bridgehead atoms. The number of hydrogen-bond acceptors (Lipinski definition) is 3. The van der Waals surface area contributed by atoms with Crippen LogP contribution < -0.4 is 10.1 Å². The van der Waals surface area contributed by atoms with Crippen LogP contribution in [0, 0.1) is 0 Å². The molecule has 2 aromatic rings. The largest absolute Gasteiger partial charge is 0.489 e. The van der Waals surface area contributed by atoms with Crippen molar-refractivity contribution in [2.24, 2.45) is 0 Å². The first-order valence-electron chi connectivity index (χ1n) is 7.48. The number of hydrogen-bond donors (Lipinski definition) is 2. The molecule has 1 heterocycles. The number of aliphatic carboxylic acids is 1. The Hall–Kier alpha value is -2.33. The van der Waals surface area contributed by atoms with Gasteiger partial charge in [-0.1, -0.05) is 42.5 Å². The van der Waals surface area contributed by atoms with Crippen LogP contribution in [0.15, 0.2) is 54.6 Å². The van der Waals surface area contributed by atoms with Crippen molar-refractivity contribution in [1.29, 1.82) is 0 Å². The van der Waals surface area contributed by atoms with Gasteiger partial charge in [-0.3, -0.25) is 10.1 Å². The zero-order valence-electron chi connectivity index (χ0n) is 12.2. The average Bonchev–Trinajstić information content (AvgIpc) is 3.05. The molecule has 1 fully saturated rings. The molecule has 22 heavy (non-hydrogen) atoms. The third-order valence-electron chi connectivity index (χ3n) is 3.98. The second-order valence-electron chi connectivity index (χ2n) is 5.53. The number of rotatable bonds is 5. The monoisotopic (exact) mass is 297 g/mol. The lowest BCUT2D eigenvalue weighted by molar-refractivity contribution is -0.139. The van der Waals surface area contributed by atoms with Crippen LogP contribution in [0.5, 0.6) is 5.75 Å². The first-order chi connectivity index (χ1) is 10.7. The van der Waals surface area contributed by atoms with Crippen LogP contribution in [0.4, 0.5) is 0 Å². The van der Waals surface area contributed by atoms with Crippen molar-refractivity contribution in [3.63, 3.8) is 0 Å². The second-order valence-corrected chi connectivity index (χ2v) is 5.53. The zero-order valence-corrected chi connectivity index (χ0v) is 12.2. The predicted molar refractivity (Wildman–Crippen MR) is 83.8 cm³/mol. The minimum atomic E-state index is -0.773. The van der Waals surface area contributed by atoms with E-state index in [2.05, 4.69) is 5.32 Å². The lowest BCUT2D eigenvalue weighted by atomic mass is 10.1. The van der Waals surface area contributed by atoms with Crippen molar-refractivity contribution in [3.8, 4) is 5.75 Å². The molecule has 0 radical (unpaired) electrons. The molecule has 1 aliphatic rings. The van der Waals surface area contributed by atoms with Crippen LogP contribution in [-0.4, -0.2) is 17.1 Å². The Bertz CT molecular complexity index is 625. The van der Waals surface area contributed by atoms with Gasteiger partial charge >= 0.3 is 5.97 Å². The van der Waals surface area contributed by atoms with Crippen molar-refractivity contribution < 1.29 is 14.6 Å². The Kier molecular flexibility index (Phi) is 4.39. The van der Waals surface area contributed by atoms with Gasteiger partial charge in [0.1, 0.15) is 18.4 Å². The lowest BCUT2D eigenvalue weighted by Crippen LogP contribution is -2.31. The molecular weight excluding hydrogens is 278 g/mol. The molecule has 0 amide bonds. The maximum Gasteiger partial charge on any atom is 0.320 e. The van der Waals surface area contributed by atoms with E-state index in [0.29, 0.717) is 13.0 Å². The zero-order chi connectivity index (χ0) is 15.4. The van der Waals surface area contributed by atoms with E-state index < -0.39 is 12.0 Å². The fraction of sp³-hybridized carbons (Fsp3) is 0.278. The molecule has 0 spiro atoms. The first-order valence-corrected chi connectivity index (χ1v) is 7.48. The maximum atomic E-state index is 11.0. The summed E-state index contributed by atoms with van der Waals surface area (Å²) in [5, 5.41) is 12.2. The second kappa shape index (κ2) is 6.62. The van der Waals surface area contributed by atoms with E-state index in [0.717, 1.165) is 23.3 Å². The van der Waals surface area contributed by atoms with Crippen molar-refractivity contribution in [2.45, 2.75) is 31.5 Å². The van der Waals surface area contributed by atoms with E-state index in [9.17, 15) is 4.79 Å². The van der Waals surface area contributed by atoms with Gasteiger partial charge in [0, 0.05) is 6.04 Å². The summed E-state index contributed by atoms with van der Waals surface area (Å²) >= 11 is 0. The molecule has 2 atom stereocenters. The highest BCUT2D eigenvalue weighted by molar-refractivity contribution is 5.73. The Morgan fingerprint density at radius 3 is 2.45 bits per heavy atom. The first kappa shape index (κ1) is 14.6. The number of benzene rings is 2. The summed E-state index contributed by atoms with van der Waals surface area (Å²) in [7, 11) is 0. The third kappa shape index (κ3) is 3.46. The van der Waals surface area contributed by atoms with E-state index in [1.807, 2.05) is 54.6 Å². The highest BCUT2D eigenvalue weighted by Crippen LogP contribution is 2.28.